The first kappa shape index (κ1) is 18.9. The van der Waals surface area contributed by atoms with Gasteiger partial charge >= 0.3 is 0 Å². The molecule has 2 atom stereocenters. The van der Waals surface area contributed by atoms with Crippen LogP contribution in [-0.4, -0.2) is 47.5 Å². The molecule has 140 valence electrons. The molecule has 7 heteroatoms. The number of hydrogen-bond acceptors (Lipinski definition) is 6. The highest BCUT2D eigenvalue weighted by molar-refractivity contribution is 6.33. The van der Waals surface area contributed by atoms with Crippen molar-refractivity contribution >= 4 is 17.4 Å². The summed E-state index contributed by atoms with van der Waals surface area (Å²) in [6.07, 6.45) is 0.888. The number of nitrogens with zero attached hydrogens (tertiary/aromatic N) is 2. The van der Waals surface area contributed by atoms with Crippen LogP contribution in [0.15, 0.2) is 18.2 Å². The van der Waals surface area contributed by atoms with Gasteiger partial charge in [0.15, 0.2) is 0 Å². The molecule has 6 nitrogen and oxygen atoms in total. The highest BCUT2D eigenvalue weighted by Crippen LogP contribution is 2.33. The van der Waals surface area contributed by atoms with Crippen LogP contribution in [0.2, 0.25) is 5.02 Å². The van der Waals surface area contributed by atoms with Gasteiger partial charge in [0.1, 0.15) is 11.6 Å². The van der Waals surface area contributed by atoms with Crippen molar-refractivity contribution in [1.82, 2.24) is 9.97 Å². The standard InChI is InChI=1S/C19H24ClN3O3/c1-4-14-18(12-7-6-11(25-3)8-13(12)20)21-15(5-2)19(22-14)23-16-9-26-10-17(16)24/h6-8,16-17,24H,4-5,9-10H2,1-3H3,(H,22,23). The van der Waals surface area contributed by atoms with E-state index in [1.807, 2.05) is 26.0 Å². The summed E-state index contributed by atoms with van der Waals surface area (Å²) in [6, 6.07) is 5.38. The summed E-state index contributed by atoms with van der Waals surface area (Å²) in [4.78, 5) is 9.63. The smallest absolute Gasteiger partial charge is 0.148 e. The van der Waals surface area contributed by atoms with Gasteiger partial charge in [0.05, 0.1) is 54.6 Å². The number of ether oxygens (including phenoxy) is 2. The van der Waals surface area contributed by atoms with Crippen LogP contribution in [-0.2, 0) is 17.6 Å². The molecule has 26 heavy (non-hydrogen) atoms. The topological polar surface area (TPSA) is 76.5 Å². The van der Waals surface area contributed by atoms with Gasteiger partial charge in [0.2, 0.25) is 0 Å². The Morgan fingerprint density at radius 3 is 2.58 bits per heavy atom. The van der Waals surface area contributed by atoms with Gasteiger partial charge in [0, 0.05) is 5.56 Å². The Balaban J connectivity index is 2.01. The minimum Gasteiger partial charge on any atom is -0.497 e. The number of hydrogen-bond donors (Lipinski definition) is 2. The lowest BCUT2D eigenvalue weighted by Crippen LogP contribution is -2.33. The number of rotatable bonds is 6. The van der Waals surface area contributed by atoms with Crippen LogP contribution in [0.25, 0.3) is 11.3 Å². The lowest BCUT2D eigenvalue weighted by atomic mass is 10.1. The number of anilines is 1. The van der Waals surface area contributed by atoms with E-state index in [4.69, 9.17) is 31.0 Å². The van der Waals surface area contributed by atoms with Crippen molar-refractivity contribution in [2.75, 3.05) is 25.6 Å². The molecular formula is C19H24ClN3O3. The number of halogens is 1. The second kappa shape index (κ2) is 8.20. The summed E-state index contributed by atoms with van der Waals surface area (Å²) >= 11 is 6.45. The molecule has 2 unspecified atom stereocenters. The highest BCUT2D eigenvalue weighted by Gasteiger charge is 2.27. The molecule has 0 radical (unpaired) electrons. The first-order chi connectivity index (χ1) is 12.6. The van der Waals surface area contributed by atoms with Crippen LogP contribution in [0.4, 0.5) is 5.82 Å². The van der Waals surface area contributed by atoms with Gasteiger partial charge in [-0.05, 0) is 31.0 Å². The average Bonchev–Trinajstić information content (AvgIpc) is 3.06. The van der Waals surface area contributed by atoms with Crippen LogP contribution in [0.5, 0.6) is 5.75 Å². The Hall–Kier alpha value is -1.89. The molecule has 0 spiro atoms. The second-order valence-electron chi connectivity index (χ2n) is 6.22. The van der Waals surface area contributed by atoms with E-state index in [9.17, 15) is 5.11 Å². The molecule has 1 aliphatic rings. The molecule has 0 saturated carbocycles. The third-order valence-electron chi connectivity index (χ3n) is 4.51. The molecule has 1 aromatic heterocycles. The summed E-state index contributed by atoms with van der Waals surface area (Å²) in [6.45, 7) is 4.86. The van der Waals surface area contributed by atoms with E-state index in [0.29, 0.717) is 42.6 Å². The monoisotopic (exact) mass is 377 g/mol. The van der Waals surface area contributed by atoms with Crippen molar-refractivity contribution in [3.8, 4) is 17.0 Å². The van der Waals surface area contributed by atoms with E-state index in [0.717, 1.165) is 22.6 Å². The number of benzene rings is 1. The molecule has 3 rings (SSSR count). The minimum atomic E-state index is -0.540. The molecule has 1 aliphatic heterocycles. The Bertz CT molecular complexity index is 785. The molecule has 1 saturated heterocycles. The van der Waals surface area contributed by atoms with Gasteiger partial charge in [0.25, 0.3) is 0 Å². The van der Waals surface area contributed by atoms with Crippen LogP contribution in [0, 0.1) is 0 Å². The summed E-state index contributed by atoms with van der Waals surface area (Å²) in [5, 5.41) is 13.9. The largest absolute Gasteiger partial charge is 0.497 e. The van der Waals surface area contributed by atoms with E-state index in [-0.39, 0.29) is 6.04 Å². The molecule has 0 bridgehead atoms. The maximum atomic E-state index is 9.99. The van der Waals surface area contributed by atoms with E-state index in [1.54, 1.807) is 13.2 Å². The highest BCUT2D eigenvalue weighted by atomic mass is 35.5. The summed E-state index contributed by atoms with van der Waals surface area (Å²) in [5.41, 5.74) is 3.31. The Morgan fingerprint density at radius 1 is 1.23 bits per heavy atom. The maximum Gasteiger partial charge on any atom is 0.148 e. The van der Waals surface area contributed by atoms with Gasteiger partial charge in [-0.15, -0.1) is 0 Å². The predicted molar refractivity (Wildman–Crippen MR) is 102 cm³/mol. The molecule has 2 N–H and O–H groups in total. The zero-order valence-corrected chi connectivity index (χ0v) is 16.0. The maximum absolute atomic E-state index is 9.99. The fourth-order valence-corrected chi connectivity index (χ4v) is 3.26. The SMILES string of the molecule is CCc1nc(-c2ccc(OC)cc2Cl)c(CC)nc1NC1COCC1O. The fourth-order valence-electron chi connectivity index (χ4n) is 3.00. The normalized spacial score (nSPS) is 19.6. The van der Waals surface area contributed by atoms with E-state index < -0.39 is 6.10 Å². The third kappa shape index (κ3) is 3.77. The molecule has 1 fully saturated rings. The minimum absolute atomic E-state index is 0.172. The number of nitrogens with one attached hydrogen (secondary N) is 1. The molecular weight excluding hydrogens is 354 g/mol. The Kier molecular flexibility index (Phi) is 5.96. The lowest BCUT2D eigenvalue weighted by Gasteiger charge is -2.19. The first-order valence-corrected chi connectivity index (χ1v) is 9.21. The van der Waals surface area contributed by atoms with Gasteiger partial charge < -0.3 is 19.9 Å². The molecule has 0 amide bonds. The lowest BCUT2D eigenvalue weighted by molar-refractivity contribution is 0.125. The van der Waals surface area contributed by atoms with E-state index in [2.05, 4.69) is 5.32 Å². The van der Waals surface area contributed by atoms with Crippen molar-refractivity contribution < 1.29 is 14.6 Å². The second-order valence-corrected chi connectivity index (χ2v) is 6.63. The summed E-state index contributed by atoms with van der Waals surface area (Å²) < 4.78 is 10.5. The molecule has 0 aliphatic carbocycles. The third-order valence-corrected chi connectivity index (χ3v) is 4.83. The van der Waals surface area contributed by atoms with Gasteiger partial charge in [-0.25, -0.2) is 9.97 Å². The predicted octanol–water partition coefficient (Wildman–Crippen LogP) is 3.10. The van der Waals surface area contributed by atoms with Crippen LogP contribution < -0.4 is 10.1 Å². The van der Waals surface area contributed by atoms with Crippen LogP contribution in [0.3, 0.4) is 0 Å². The van der Waals surface area contributed by atoms with Crippen LogP contribution >= 0.6 is 11.6 Å². The van der Waals surface area contributed by atoms with Gasteiger partial charge in [-0.2, -0.15) is 0 Å². The van der Waals surface area contributed by atoms with Crippen molar-refractivity contribution in [3.63, 3.8) is 0 Å². The van der Waals surface area contributed by atoms with Gasteiger partial charge in [-0.3, -0.25) is 0 Å². The number of aliphatic hydroxyl groups excluding tert-OH is 1. The summed E-state index contributed by atoms with van der Waals surface area (Å²) in [5.74, 6) is 1.40. The van der Waals surface area contributed by atoms with E-state index >= 15 is 0 Å². The number of methoxy groups -OCH3 is 1. The molecule has 2 aromatic rings. The van der Waals surface area contributed by atoms with Crippen molar-refractivity contribution in [1.29, 1.82) is 0 Å². The molecule has 1 aromatic carbocycles. The quantitative estimate of drug-likeness (QED) is 0.805. The zero-order valence-electron chi connectivity index (χ0n) is 15.3. The van der Waals surface area contributed by atoms with Gasteiger partial charge in [-0.1, -0.05) is 25.4 Å². The van der Waals surface area contributed by atoms with Crippen molar-refractivity contribution in [3.05, 3.63) is 34.6 Å². The Morgan fingerprint density at radius 2 is 2.00 bits per heavy atom. The number of aromatic nitrogens is 2. The zero-order chi connectivity index (χ0) is 18.7. The fraction of sp³-hybridized carbons (Fsp3) is 0.474. The van der Waals surface area contributed by atoms with E-state index in [1.165, 1.54) is 0 Å². The Labute approximate surface area is 158 Å². The summed E-state index contributed by atoms with van der Waals surface area (Å²) in [7, 11) is 1.61. The number of aliphatic hydroxyl groups is 1. The van der Waals surface area contributed by atoms with Crippen molar-refractivity contribution in [2.24, 2.45) is 0 Å². The van der Waals surface area contributed by atoms with Crippen molar-refractivity contribution in [2.45, 2.75) is 38.8 Å². The number of aryl methyl sites for hydroxylation is 2. The van der Waals surface area contributed by atoms with Crippen LogP contribution in [0.1, 0.15) is 25.2 Å². The first-order valence-electron chi connectivity index (χ1n) is 8.83. The molecule has 2 heterocycles. The average molecular weight is 378 g/mol.